The van der Waals surface area contributed by atoms with Crippen molar-refractivity contribution < 1.29 is 0 Å². The fourth-order valence-corrected chi connectivity index (χ4v) is 2.45. The Hall–Kier alpha value is -0.710. The maximum atomic E-state index is 6.15. The molecule has 1 N–H and O–H groups in total. The van der Waals surface area contributed by atoms with Crippen LogP contribution in [-0.2, 0) is 13.5 Å². The fraction of sp³-hybridized carbons (Fsp3) is 0.250. The summed E-state index contributed by atoms with van der Waals surface area (Å²) in [5.74, 6) is 1.03. The third kappa shape index (κ3) is 2.99. The normalized spacial score (nSPS) is 10.7. The van der Waals surface area contributed by atoms with Gasteiger partial charge in [-0.2, -0.15) is 0 Å². The quantitative estimate of drug-likeness (QED) is 0.841. The lowest BCUT2D eigenvalue weighted by atomic mass is 10.3. The Morgan fingerprint density at radius 3 is 2.78 bits per heavy atom. The third-order valence-corrected chi connectivity index (χ3v) is 4.39. The maximum Gasteiger partial charge on any atom is 0.110 e. The van der Waals surface area contributed by atoms with Gasteiger partial charge in [-0.25, -0.2) is 4.98 Å². The van der Waals surface area contributed by atoms with Crippen LogP contribution in [0.1, 0.15) is 5.82 Å². The first-order valence-corrected chi connectivity index (χ1v) is 6.98. The summed E-state index contributed by atoms with van der Waals surface area (Å²) in [7, 11) is 1.98. The number of imidazole rings is 1. The van der Waals surface area contributed by atoms with Gasteiger partial charge in [0.2, 0.25) is 0 Å². The highest BCUT2D eigenvalue weighted by molar-refractivity contribution is 9.10. The highest BCUT2D eigenvalue weighted by Gasteiger charge is 2.08. The zero-order chi connectivity index (χ0) is 13.1. The molecule has 2 aromatic rings. The van der Waals surface area contributed by atoms with Gasteiger partial charge in [-0.3, -0.25) is 0 Å². The van der Waals surface area contributed by atoms with E-state index < -0.39 is 0 Å². The summed E-state index contributed by atoms with van der Waals surface area (Å²) in [6, 6.07) is 3.77. The van der Waals surface area contributed by atoms with E-state index in [1.165, 1.54) is 0 Å². The van der Waals surface area contributed by atoms with Crippen LogP contribution >= 0.6 is 39.1 Å². The van der Waals surface area contributed by atoms with Gasteiger partial charge in [0.15, 0.2) is 0 Å². The number of benzene rings is 1. The van der Waals surface area contributed by atoms with Crippen LogP contribution in [0.4, 0.5) is 5.69 Å². The molecule has 3 nitrogen and oxygen atoms in total. The zero-order valence-corrected chi connectivity index (χ0v) is 12.8. The van der Waals surface area contributed by atoms with Gasteiger partial charge in [0.1, 0.15) is 5.82 Å². The highest BCUT2D eigenvalue weighted by atomic mass is 79.9. The zero-order valence-electron chi connectivity index (χ0n) is 9.75. The van der Waals surface area contributed by atoms with Crippen molar-refractivity contribution in [1.82, 2.24) is 9.55 Å². The van der Waals surface area contributed by atoms with Gasteiger partial charge in [0.25, 0.3) is 0 Å². The lowest BCUT2D eigenvalue weighted by molar-refractivity contribution is 0.790. The van der Waals surface area contributed by atoms with Gasteiger partial charge < -0.3 is 9.88 Å². The fourth-order valence-electron chi connectivity index (χ4n) is 1.61. The third-order valence-electron chi connectivity index (χ3n) is 2.62. The van der Waals surface area contributed by atoms with Crippen molar-refractivity contribution in [3.8, 4) is 0 Å². The summed E-state index contributed by atoms with van der Waals surface area (Å²) >= 11 is 15.5. The van der Waals surface area contributed by atoms with Crippen molar-refractivity contribution in [2.24, 2.45) is 7.05 Å². The lowest BCUT2D eigenvalue weighted by Crippen LogP contribution is -2.08. The summed E-state index contributed by atoms with van der Waals surface area (Å²) in [5.41, 5.74) is 0.832. The number of nitrogens with zero attached hydrogens (tertiary/aromatic N) is 2. The number of rotatable bonds is 4. The molecule has 2 rings (SSSR count). The molecule has 6 heteroatoms. The molecule has 0 aliphatic carbocycles. The topological polar surface area (TPSA) is 29.9 Å². The number of halogens is 3. The molecule has 0 fully saturated rings. The average molecular weight is 349 g/mol. The molecule has 0 saturated carbocycles. The summed E-state index contributed by atoms with van der Waals surface area (Å²) in [6.45, 7) is 0.753. The summed E-state index contributed by atoms with van der Waals surface area (Å²) in [5, 5.41) is 4.32. The summed E-state index contributed by atoms with van der Waals surface area (Å²) in [6.07, 6.45) is 4.55. The Bertz CT molecular complexity index is 554. The van der Waals surface area contributed by atoms with Crippen LogP contribution in [0.2, 0.25) is 10.0 Å². The number of hydrogen-bond donors (Lipinski definition) is 1. The summed E-state index contributed by atoms with van der Waals surface area (Å²) in [4.78, 5) is 4.26. The van der Waals surface area contributed by atoms with Crippen molar-refractivity contribution in [2.75, 3.05) is 11.9 Å². The standard InChI is InChI=1S/C12H12BrCl2N3/c1-18-7-6-17-10(18)4-5-16-9-3-2-8(13)11(14)12(9)15/h2-3,6-7,16H,4-5H2,1H3. The minimum absolute atomic E-state index is 0.527. The van der Waals surface area contributed by atoms with Crippen molar-refractivity contribution >= 4 is 44.8 Å². The highest BCUT2D eigenvalue weighted by Crippen LogP contribution is 2.35. The molecule has 0 spiro atoms. The molecule has 0 aliphatic heterocycles. The largest absolute Gasteiger partial charge is 0.383 e. The molecule has 0 aliphatic rings. The predicted molar refractivity (Wildman–Crippen MR) is 79.6 cm³/mol. The van der Waals surface area contributed by atoms with Gasteiger partial charge in [0, 0.05) is 36.9 Å². The minimum Gasteiger partial charge on any atom is -0.383 e. The van der Waals surface area contributed by atoms with Crippen LogP contribution in [0.3, 0.4) is 0 Å². The molecule has 18 heavy (non-hydrogen) atoms. The van der Waals surface area contributed by atoms with E-state index in [4.69, 9.17) is 23.2 Å². The van der Waals surface area contributed by atoms with Crippen molar-refractivity contribution in [3.63, 3.8) is 0 Å². The van der Waals surface area contributed by atoms with E-state index in [9.17, 15) is 0 Å². The van der Waals surface area contributed by atoms with Crippen molar-refractivity contribution in [3.05, 3.63) is 44.9 Å². The second-order valence-electron chi connectivity index (χ2n) is 3.85. The molecule has 0 bridgehead atoms. The average Bonchev–Trinajstić information content (AvgIpc) is 2.75. The van der Waals surface area contributed by atoms with Crippen LogP contribution in [0.15, 0.2) is 29.0 Å². The van der Waals surface area contributed by atoms with Crippen LogP contribution < -0.4 is 5.32 Å². The van der Waals surface area contributed by atoms with E-state index in [2.05, 4.69) is 26.2 Å². The first-order chi connectivity index (χ1) is 8.59. The SMILES string of the molecule is Cn1ccnc1CCNc1ccc(Br)c(Cl)c1Cl. The van der Waals surface area contributed by atoms with Gasteiger partial charge in [0.05, 0.1) is 15.7 Å². The second-order valence-corrected chi connectivity index (χ2v) is 5.46. The number of hydrogen-bond acceptors (Lipinski definition) is 2. The molecule has 0 radical (unpaired) electrons. The van der Waals surface area contributed by atoms with E-state index in [0.717, 1.165) is 29.0 Å². The molecule has 1 heterocycles. The van der Waals surface area contributed by atoms with E-state index >= 15 is 0 Å². The first kappa shape index (κ1) is 13.7. The molecule has 0 saturated heterocycles. The smallest absolute Gasteiger partial charge is 0.110 e. The minimum atomic E-state index is 0.527. The Morgan fingerprint density at radius 1 is 1.33 bits per heavy atom. The van der Waals surface area contributed by atoms with Crippen LogP contribution in [-0.4, -0.2) is 16.1 Å². The monoisotopic (exact) mass is 347 g/mol. The van der Waals surface area contributed by atoms with E-state index in [-0.39, 0.29) is 0 Å². The van der Waals surface area contributed by atoms with E-state index in [1.54, 1.807) is 6.20 Å². The predicted octanol–water partition coefficient (Wildman–Crippen LogP) is 4.14. The van der Waals surface area contributed by atoms with Gasteiger partial charge in [-0.05, 0) is 28.1 Å². The van der Waals surface area contributed by atoms with Crippen molar-refractivity contribution in [2.45, 2.75) is 6.42 Å². The van der Waals surface area contributed by atoms with Crippen LogP contribution in [0.25, 0.3) is 0 Å². The Labute approximate surface area is 124 Å². The summed E-state index contributed by atoms with van der Waals surface area (Å²) < 4.78 is 2.79. The number of anilines is 1. The Kier molecular flexibility index (Phi) is 4.54. The van der Waals surface area contributed by atoms with Crippen LogP contribution in [0, 0.1) is 0 Å². The molecule has 96 valence electrons. The molecular weight excluding hydrogens is 337 g/mol. The number of aryl methyl sites for hydroxylation is 1. The molecule has 0 amide bonds. The first-order valence-electron chi connectivity index (χ1n) is 5.43. The van der Waals surface area contributed by atoms with E-state index in [0.29, 0.717) is 10.0 Å². The second kappa shape index (κ2) is 5.95. The molecule has 1 aromatic heterocycles. The van der Waals surface area contributed by atoms with Crippen LogP contribution in [0.5, 0.6) is 0 Å². The van der Waals surface area contributed by atoms with E-state index in [1.807, 2.05) is 29.9 Å². The number of aromatic nitrogens is 2. The van der Waals surface area contributed by atoms with Gasteiger partial charge in [-0.15, -0.1) is 0 Å². The van der Waals surface area contributed by atoms with Crippen molar-refractivity contribution in [1.29, 1.82) is 0 Å². The van der Waals surface area contributed by atoms with Gasteiger partial charge >= 0.3 is 0 Å². The Balaban J connectivity index is 1.99. The maximum absolute atomic E-state index is 6.15. The van der Waals surface area contributed by atoms with Gasteiger partial charge in [-0.1, -0.05) is 23.2 Å². The molecule has 0 atom stereocenters. The molecular formula is C12H12BrCl2N3. The number of nitrogens with one attached hydrogen (secondary N) is 1. The molecule has 0 unspecified atom stereocenters. The lowest BCUT2D eigenvalue weighted by Gasteiger charge is -2.10. The molecule has 1 aromatic carbocycles. The Morgan fingerprint density at radius 2 is 2.11 bits per heavy atom.